The summed E-state index contributed by atoms with van der Waals surface area (Å²) in [4.78, 5) is 14.8. The number of primary amides is 1. The smallest absolute Gasteiger partial charge is 0.327 e. The fraction of sp³-hybridized carbons (Fsp3) is 0.556. The molecule has 0 radical (unpaired) electrons. The molecular formula is C9H11N2O6PS. The minimum atomic E-state index is -1.73. The zero-order valence-electron chi connectivity index (χ0n) is 9.55. The van der Waals surface area contributed by atoms with E-state index in [4.69, 9.17) is 10.5 Å². The van der Waals surface area contributed by atoms with Crippen LogP contribution in [0.4, 0.5) is 0 Å². The second-order valence-electron chi connectivity index (χ2n) is 3.99. The van der Waals surface area contributed by atoms with E-state index < -0.39 is 32.4 Å². The van der Waals surface area contributed by atoms with E-state index in [2.05, 4.69) is 9.51 Å². The van der Waals surface area contributed by atoms with Crippen LogP contribution in [0.1, 0.15) is 15.5 Å². The predicted octanol–water partition coefficient (Wildman–Crippen LogP) is -0.587. The number of thiazole rings is 1. The van der Waals surface area contributed by atoms with Gasteiger partial charge in [-0.2, -0.15) is 0 Å². The Morgan fingerprint density at radius 1 is 1.79 bits per heavy atom. The first-order valence-corrected chi connectivity index (χ1v) is 6.82. The fourth-order valence-electron chi connectivity index (χ4n) is 1.74. The largest absolute Gasteiger partial charge is 0.387 e. The van der Waals surface area contributed by atoms with Crippen LogP contribution in [0.3, 0.4) is 0 Å². The van der Waals surface area contributed by atoms with Crippen molar-refractivity contribution in [2.45, 2.75) is 17.8 Å². The summed E-state index contributed by atoms with van der Waals surface area (Å²) in [7, 11) is -0.538. The van der Waals surface area contributed by atoms with Crippen LogP contribution in [-0.2, 0) is 19.4 Å². The first-order chi connectivity index (χ1) is 8.99. The number of aliphatic hydroxyl groups is 2. The number of aliphatic hydroxyl groups excluding tert-OH is 1. The zero-order chi connectivity index (χ0) is 14.0. The van der Waals surface area contributed by atoms with Gasteiger partial charge in [0.15, 0.2) is 5.60 Å². The number of nitrogens with two attached hydrogens (primary N) is 1. The molecule has 1 amide bonds. The standard InChI is InChI=1S/C9H11N2O6PS/c10-7(13)4-2-19-8(11-4)9(14)3-16-5(6(9)12)1-17-18-15/h2,5-6,12,14H,1,3H2,(H2,10,13)/t5-,6-,9-/m1/s1. The van der Waals surface area contributed by atoms with Crippen LogP contribution < -0.4 is 5.73 Å². The molecule has 0 saturated carbocycles. The quantitative estimate of drug-likeness (QED) is 0.619. The van der Waals surface area contributed by atoms with Crippen molar-refractivity contribution in [3.8, 4) is 0 Å². The average molecular weight is 306 g/mol. The van der Waals surface area contributed by atoms with Crippen molar-refractivity contribution in [2.75, 3.05) is 13.2 Å². The van der Waals surface area contributed by atoms with Gasteiger partial charge >= 0.3 is 8.69 Å². The summed E-state index contributed by atoms with van der Waals surface area (Å²) in [5, 5.41) is 21.9. The average Bonchev–Trinajstić information content (AvgIpc) is 2.96. The highest BCUT2D eigenvalue weighted by molar-refractivity contribution is 7.17. The molecule has 1 aromatic rings. The van der Waals surface area contributed by atoms with Gasteiger partial charge in [-0.05, 0) is 0 Å². The lowest BCUT2D eigenvalue weighted by Crippen LogP contribution is -2.42. The molecule has 1 saturated heterocycles. The van der Waals surface area contributed by atoms with Gasteiger partial charge in [0, 0.05) is 5.38 Å². The summed E-state index contributed by atoms with van der Waals surface area (Å²) in [5.41, 5.74) is 3.35. The highest BCUT2D eigenvalue weighted by Gasteiger charge is 2.51. The maximum Gasteiger partial charge on any atom is 0.327 e. The maximum absolute atomic E-state index is 11.0. The molecule has 1 aromatic heterocycles. The number of hydrogen-bond acceptors (Lipinski definition) is 8. The van der Waals surface area contributed by atoms with E-state index in [1.165, 1.54) is 5.38 Å². The minimum Gasteiger partial charge on any atom is -0.387 e. The number of carbonyl (C=O) groups is 1. The number of ether oxygens (including phenoxy) is 1. The molecule has 2 heterocycles. The van der Waals surface area contributed by atoms with Crippen molar-refractivity contribution in [1.82, 2.24) is 4.98 Å². The summed E-state index contributed by atoms with van der Waals surface area (Å²) in [6.45, 7) is -0.341. The lowest BCUT2D eigenvalue weighted by atomic mass is 9.97. The summed E-state index contributed by atoms with van der Waals surface area (Å²) in [6, 6.07) is 0. The highest BCUT2D eigenvalue weighted by Crippen LogP contribution is 2.36. The van der Waals surface area contributed by atoms with Crippen molar-refractivity contribution in [3.63, 3.8) is 0 Å². The summed E-state index contributed by atoms with van der Waals surface area (Å²) in [5.74, 6) is -0.718. The number of nitrogens with zero attached hydrogens (tertiary/aromatic N) is 1. The van der Waals surface area contributed by atoms with Crippen molar-refractivity contribution >= 4 is 25.9 Å². The lowest BCUT2D eigenvalue weighted by Gasteiger charge is -2.23. The number of rotatable bonds is 5. The molecule has 0 aromatic carbocycles. The summed E-state index contributed by atoms with van der Waals surface area (Å²) < 4.78 is 20.0. The molecule has 19 heavy (non-hydrogen) atoms. The van der Waals surface area contributed by atoms with Crippen molar-refractivity contribution in [2.24, 2.45) is 5.73 Å². The SMILES string of the molecule is NC(=O)c1csc([C@@]2(O)CO[C@H](COP=O)[C@H]2O)n1. The molecule has 2 rings (SSSR count). The molecular weight excluding hydrogens is 295 g/mol. The lowest BCUT2D eigenvalue weighted by molar-refractivity contribution is -0.0580. The van der Waals surface area contributed by atoms with Gasteiger partial charge in [0.2, 0.25) is 0 Å². The van der Waals surface area contributed by atoms with Gasteiger partial charge in [-0.25, -0.2) is 9.55 Å². The monoisotopic (exact) mass is 306 g/mol. The molecule has 4 N–H and O–H groups in total. The first kappa shape index (κ1) is 14.4. The first-order valence-electron chi connectivity index (χ1n) is 5.21. The molecule has 104 valence electrons. The third-order valence-electron chi connectivity index (χ3n) is 2.78. The number of aromatic nitrogens is 1. The third kappa shape index (κ3) is 2.66. The zero-order valence-corrected chi connectivity index (χ0v) is 11.3. The molecule has 8 nitrogen and oxygen atoms in total. The Labute approximate surface area is 113 Å². The number of hydrogen-bond donors (Lipinski definition) is 3. The summed E-state index contributed by atoms with van der Waals surface area (Å²) in [6.07, 6.45) is -2.13. The van der Waals surface area contributed by atoms with Crippen LogP contribution in [0.15, 0.2) is 5.38 Å². The Kier molecular flexibility index (Phi) is 4.24. The van der Waals surface area contributed by atoms with Crippen molar-refractivity contribution < 1.29 is 28.8 Å². The highest BCUT2D eigenvalue weighted by atomic mass is 32.1. The Bertz CT molecular complexity index is 497. The third-order valence-corrected chi connectivity index (χ3v) is 4.04. The Balaban J connectivity index is 2.18. The van der Waals surface area contributed by atoms with E-state index >= 15 is 0 Å². The fourth-order valence-corrected chi connectivity index (χ4v) is 2.87. The normalized spacial score (nSPS) is 30.8. The van der Waals surface area contributed by atoms with E-state index in [-0.39, 0.29) is 23.9 Å². The second-order valence-corrected chi connectivity index (χ2v) is 5.26. The molecule has 0 unspecified atom stereocenters. The van der Waals surface area contributed by atoms with E-state index in [9.17, 15) is 19.6 Å². The Morgan fingerprint density at radius 2 is 2.53 bits per heavy atom. The van der Waals surface area contributed by atoms with Gasteiger partial charge in [0.25, 0.3) is 5.91 Å². The van der Waals surface area contributed by atoms with Crippen LogP contribution in [-0.4, -0.2) is 46.5 Å². The van der Waals surface area contributed by atoms with Gasteiger partial charge in [-0.3, -0.25) is 9.32 Å². The molecule has 3 atom stereocenters. The Morgan fingerprint density at radius 3 is 3.11 bits per heavy atom. The van der Waals surface area contributed by atoms with E-state index in [0.717, 1.165) is 11.3 Å². The van der Waals surface area contributed by atoms with Crippen molar-refractivity contribution in [3.05, 3.63) is 16.1 Å². The van der Waals surface area contributed by atoms with Crippen LogP contribution in [0.2, 0.25) is 0 Å². The van der Waals surface area contributed by atoms with E-state index in [1.807, 2.05) is 0 Å². The molecule has 1 fully saturated rings. The minimum absolute atomic E-state index is 0.0124. The topological polar surface area (TPSA) is 132 Å². The van der Waals surface area contributed by atoms with Crippen LogP contribution in [0.25, 0.3) is 0 Å². The van der Waals surface area contributed by atoms with Crippen LogP contribution in [0.5, 0.6) is 0 Å². The van der Waals surface area contributed by atoms with Gasteiger partial charge < -0.3 is 20.7 Å². The summed E-state index contributed by atoms with van der Waals surface area (Å²) >= 11 is 0.997. The molecule has 1 aliphatic heterocycles. The molecule has 10 heteroatoms. The Hall–Kier alpha value is -0.960. The van der Waals surface area contributed by atoms with E-state index in [0.29, 0.717) is 0 Å². The molecule has 0 spiro atoms. The van der Waals surface area contributed by atoms with Gasteiger partial charge in [-0.15, -0.1) is 11.3 Å². The second kappa shape index (κ2) is 5.58. The molecule has 0 bridgehead atoms. The molecule has 1 aliphatic rings. The van der Waals surface area contributed by atoms with Gasteiger partial charge in [0.1, 0.15) is 22.9 Å². The van der Waals surface area contributed by atoms with Crippen LogP contribution >= 0.6 is 20.0 Å². The maximum atomic E-state index is 11.0. The predicted molar refractivity (Wildman–Crippen MR) is 63.8 cm³/mol. The number of amides is 1. The molecule has 0 aliphatic carbocycles. The van der Waals surface area contributed by atoms with Crippen LogP contribution in [0, 0.1) is 0 Å². The van der Waals surface area contributed by atoms with Gasteiger partial charge in [0.05, 0.1) is 13.2 Å². The van der Waals surface area contributed by atoms with Gasteiger partial charge in [-0.1, -0.05) is 0 Å². The van der Waals surface area contributed by atoms with Crippen molar-refractivity contribution in [1.29, 1.82) is 0 Å². The number of carbonyl (C=O) groups excluding carboxylic acids is 1. The van der Waals surface area contributed by atoms with E-state index in [1.54, 1.807) is 0 Å².